The molecule has 0 radical (unpaired) electrons. The van der Waals surface area contributed by atoms with Gasteiger partial charge in [-0.1, -0.05) is 12.8 Å². The Labute approximate surface area is 132 Å². The van der Waals surface area contributed by atoms with Crippen molar-refractivity contribution in [2.75, 3.05) is 0 Å². The van der Waals surface area contributed by atoms with Gasteiger partial charge >= 0.3 is 5.97 Å². The number of carboxylic acid groups (broad SMARTS) is 1. The SMILES string of the molecule is CC1(C(=O)O)CCCCC1NC(=O)c1cc(F)cc2ccoc12. The van der Waals surface area contributed by atoms with E-state index >= 15 is 0 Å². The lowest BCUT2D eigenvalue weighted by atomic mass is 9.71. The van der Waals surface area contributed by atoms with Gasteiger partial charge in [0.2, 0.25) is 0 Å². The van der Waals surface area contributed by atoms with E-state index < -0.39 is 29.2 Å². The highest BCUT2D eigenvalue weighted by molar-refractivity contribution is 6.05. The van der Waals surface area contributed by atoms with Gasteiger partial charge in [0.25, 0.3) is 5.91 Å². The lowest BCUT2D eigenvalue weighted by Gasteiger charge is -2.38. The molecular weight excluding hydrogens is 301 g/mol. The third kappa shape index (κ3) is 2.69. The van der Waals surface area contributed by atoms with Crippen molar-refractivity contribution in [1.82, 2.24) is 5.32 Å². The predicted molar refractivity (Wildman–Crippen MR) is 81.6 cm³/mol. The van der Waals surface area contributed by atoms with Gasteiger partial charge in [-0.15, -0.1) is 0 Å². The fourth-order valence-corrected chi connectivity index (χ4v) is 3.27. The van der Waals surface area contributed by atoms with Crippen molar-refractivity contribution in [1.29, 1.82) is 0 Å². The van der Waals surface area contributed by atoms with Crippen LogP contribution in [0.15, 0.2) is 28.9 Å². The topological polar surface area (TPSA) is 79.5 Å². The Morgan fingerprint density at radius 1 is 1.39 bits per heavy atom. The molecule has 2 aromatic rings. The Balaban J connectivity index is 1.91. The minimum absolute atomic E-state index is 0.0864. The number of rotatable bonds is 3. The number of amides is 1. The summed E-state index contributed by atoms with van der Waals surface area (Å²) in [4.78, 5) is 24.2. The number of aliphatic carboxylic acids is 1. The van der Waals surface area contributed by atoms with E-state index in [9.17, 15) is 19.1 Å². The molecule has 0 bridgehead atoms. The second-order valence-electron chi connectivity index (χ2n) is 6.29. The maximum absolute atomic E-state index is 13.7. The Hall–Kier alpha value is -2.37. The van der Waals surface area contributed by atoms with Gasteiger partial charge in [0, 0.05) is 11.4 Å². The van der Waals surface area contributed by atoms with E-state index in [1.54, 1.807) is 13.0 Å². The number of hydrogen-bond acceptors (Lipinski definition) is 3. The molecule has 2 N–H and O–H groups in total. The van der Waals surface area contributed by atoms with Gasteiger partial charge in [-0.2, -0.15) is 0 Å². The number of nitrogens with one attached hydrogen (secondary N) is 1. The zero-order chi connectivity index (χ0) is 16.6. The number of fused-ring (bicyclic) bond motifs is 1. The molecule has 1 aromatic carbocycles. The molecule has 1 amide bonds. The molecule has 1 aliphatic carbocycles. The molecule has 122 valence electrons. The number of carbonyl (C=O) groups is 2. The molecule has 1 aliphatic rings. The Morgan fingerprint density at radius 2 is 2.17 bits per heavy atom. The second kappa shape index (κ2) is 5.68. The van der Waals surface area contributed by atoms with Crippen molar-refractivity contribution in [3.63, 3.8) is 0 Å². The Bertz CT molecular complexity index is 769. The number of halogens is 1. The van der Waals surface area contributed by atoms with Crippen LogP contribution >= 0.6 is 0 Å². The van der Waals surface area contributed by atoms with Gasteiger partial charge in [-0.25, -0.2) is 4.39 Å². The van der Waals surface area contributed by atoms with Gasteiger partial charge in [0.15, 0.2) is 0 Å². The average Bonchev–Trinajstić information content (AvgIpc) is 2.96. The van der Waals surface area contributed by atoms with E-state index in [0.29, 0.717) is 23.8 Å². The number of benzene rings is 1. The van der Waals surface area contributed by atoms with Crippen LogP contribution < -0.4 is 5.32 Å². The van der Waals surface area contributed by atoms with Crippen molar-refractivity contribution < 1.29 is 23.5 Å². The fourth-order valence-electron chi connectivity index (χ4n) is 3.27. The number of hydrogen-bond donors (Lipinski definition) is 2. The molecule has 1 heterocycles. The summed E-state index contributed by atoms with van der Waals surface area (Å²) >= 11 is 0. The molecule has 1 saturated carbocycles. The summed E-state index contributed by atoms with van der Waals surface area (Å²) in [5.41, 5.74) is -0.621. The van der Waals surface area contributed by atoms with Crippen molar-refractivity contribution in [3.8, 4) is 0 Å². The van der Waals surface area contributed by atoms with E-state index in [1.165, 1.54) is 12.3 Å². The molecule has 23 heavy (non-hydrogen) atoms. The first-order chi connectivity index (χ1) is 10.9. The molecule has 1 fully saturated rings. The molecule has 5 nitrogen and oxygen atoms in total. The molecule has 0 aliphatic heterocycles. The third-order valence-corrected chi connectivity index (χ3v) is 4.76. The van der Waals surface area contributed by atoms with Crippen LogP contribution in [-0.2, 0) is 4.79 Å². The minimum Gasteiger partial charge on any atom is -0.481 e. The first-order valence-electron chi connectivity index (χ1n) is 7.63. The zero-order valence-corrected chi connectivity index (χ0v) is 12.8. The molecule has 3 rings (SSSR count). The van der Waals surface area contributed by atoms with Crippen LogP contribution in [0.1, 0.15) is 43.0 Å². The van der Waals surface area contributed by atoms with E-state index in [1.807, 2.05) is 0 Å². The van der Waals surface area contributed by atoms with Crippen LogP contribution in [0.3, 0.4) is 0 Å². The highest BCUT2D eigenvalue weighted by Crippen LogP contribution is 2.36. The molecule has 0 saturated heterocycles. The standard InChI is InChI=1S/C17H18FNO4/c1-17(16(21)22)6-3-2-4-13(17)19-15(20)12-9-11(18)8-10-5-7-23-14(10)12/h5,7-9,13H,2-4,6H2,1H3,(H,19,20)(H,21,22). The fraction of sp³-hybridized carbons (Fsp3) is 0.412. The zero-order valence-electron chi connectivity index (χ0n) is 12.8. The second-order valence-corrected chi connectivity index (χ2v) is 6.29. The summed E-state index contributed by atoms with van der Waals surface area (Å²) in [5.74, 6) is -1.97. The maximum atomic E-state index is 13.7. The summed E-state index contributed by atoms with van der Waals surface area (Å²) in [5, 5.41) is 12.8. The highest BCUT2D eigenvalue weighted by Gasteiger charge is 2.44. The van der Waals surface area contributed by atoms with Crippen molar-refractivity contribution in [3.05, 3.63) is 35.8 Å². The number of carboxylic acids is 1. The molecular formula is C17H18FNO4. The van der Waals surface area contributed by atoms with Crippen molar-refractivity contribution >= 4 is 22.8 Å². The normalized spacial score (nSPS) is 24.5. The van der Waals surface area contributed by atoms with Crippen LogP contribution in [0.25, 0.3) is 11.0 Å². The van der Waals surface area contributed by atoms with Crippen LogP contribution in [0.2, 0.25) is 0 Å². The van der Waals surface area contributed by atoms with E-state index in [2.05, 4.69) is 5.32 Å². The lowest BCUT2D eigenvalue weighted by molar-refractivity contribution is -0.151. The number of carbonyl (C=O) groups excluding carboxylic acids is 1. The molecule has 6 heteroatoms. The molecule has 0 spiro atoms. The predicted octanol–water partition coefficient (Wildman–Crippen LogP) is 3.34. The van der Waals surface area contributed by atoms with Crippen LogP contribution in [0.4, 0.5) is 4.39 Å². The largest absolute Gasteiger partial charge is 0.481 e. The van der Waals surface area contributed by atoms with Gasteiger partial charge in [0.1, 0.15) is 11.4 Å². The Morgan fingerprint density at radius 3 is 2.91 bits per heavy atom. The summed E-state index contributed by atoms with van der Waals surface area (Å²) in [7, 11) is 0. The maximum Gasteiger partial charge on any atom is 0.311 e. The Kier molecular flexibility index (Phi) is 3.83. The number of furan rings is 1. The van der Waals surface area contributed by atoms with Gasteiger partial charge in [-0.05, 0) is 38.0 Å². The summed E-state index contributed by atoms with van der Waals surface area (Å²) in [6, 6.07) is 3.49. The first-order valence-corrected chi connectivity index (χ1v) is 7.63. The van der Waals surface area contributed by atoms with E-state index in [-0.39, 0.29) is 5.56 Å². The van der Waals surface area contributed by atoms with E-state index in [4.69, 9.17) is 4.42 Å². The van der Waals surface area contributed by atoms with Crippen LogP contribution in [0, 0.1) is 11.2 Å². The monoisotopic (exact) mass is 319 g/mol. The minimum atomic E-state index is -1.01. The molecule has 2 atom stereocenters. The molecule has 1 aromatic heterocycles. The van der Waals surface area contributed by atoms with Crippen molar-refractivity contribution in [2.24, 2.45) is 5.41 Å². The van der Waals surface area contributed by atoms with Crippen molar-refractivity contribution in [2.45, 2.75) is 38.6 Å². The summed E-state index contributed by atoms with van der Waals surface area (Å²) in [6.45, 7) is 1.65. The van der Waals surface area contributed by atoms with Gasteiger partial charge in [-0.3, -0.25) is 9.59 Å². The van der Waals surface area contributed by atoms with Gasteiger partial charge < -0.3 is 14.8 Å². The average molecular weight is 319 g/mol. The summed E-state index contributed by atoms with van der Waals surface area (Å²) < 4.78 is 18.9. The molecule has 2 unspecified atom stereocenters. The lowest BCUT2D eigenvalue weighted by Crippen LogP contribution is -2.52. The highest BCUT2D eigenvalue weighted by atomic mass is 19.1. The van der Waals surface area contributed by atoms with E-state index in [0.717, 1.165) is 18.9 Å². The quantitative estimate of drug-likeness (QED) is 0.909. The van der Waals surface area contributed by atoms with Crippen LogP contribution in [-0.4, -0.2) is 23.0 Å². The van der Waals surface area contributed by atoms with Crippen LogP contribution in [0.5, 0.6) is 0 Å². The first kappa shape index (κ1) is 15.5. The smallest absolute Gasteiger partial charge is 0.311 e. The van der Waals surface area contributed by atoms with Gasteiger partial charge in [0.05, 0.1) is 17.2 Å². The summed E-state index contributed by atoms with van der Waals surface area (Å²) in [6.07, 6.45) is 4.16. The third-order valence-electron chi connectivity index (χ3n) is 4.76.